The molecule has 1 aromatic rings. The molecule has 0 aliphatic rings. The Hall–Kier alpha value is -0.790. The van der Waals surface area contributed by atoms with Gasteiger partial charge in [0.25, 0.3) is 0 Å². The van der Waals surface area contributed by atoms with Crippen LogP contribution in [-0.4, -0.2) is 24.7 Å². The largest absolute Gasteiger partial charge is 0.364 e. The van der Waals surface area contributed by atoms with E-state index in [1.165, 1.54) is 6.42 Å². The van der Waals surface area contributed by atoms with Gasteiger partial charge in [-0.05, 0) is 6.42 Å². The molecule has 0 spiro atoms. The van der Waals surface area contributed by atoms with Crippen LogP contribution in [-0.2, 0) is 6.54 Å². The summed E-state index contributed by atoms with van der Waals surface area (Å²) in [4.78, 5) is 4.10. The molecule has 0 saturated carbocycles. The number of unbranched alkanes of at least 4 members (excludes halogenated alkanes) is 1. The van der Waals surface area contributed by atoms with E-state index in [2.05, 4.69) is 27.7 Å². The van der Waals surface area contributed by atoms with Gasteiger partial charge in [0.05, 0.1) is 6.54 Å². The van der Waals surface area contributed by atoms with Crippen LogP contribution in [0.4, 0.5) is 0 Å². The van der Waals surface area contributed by atoms with Gasteiger partial charge in [0.2, 0.25) is 0 Å². The van der Waals surface area contributed by atoms with E-state index in [1.54, 1.807) is 13.3 Å². The van der Waals surface area contributed by atoms with Gasteiger partial charge >= 0.3 is 0 Å². The summed E-state index contributed by atoms with van der Waals surface area (Å²) in [7, 11) is 1.75. The highest BCUT2D eigenvalue weighted by Gasteiger charge is 1.98. The fraction of sp³-hybridized carbons (Fsp3) is 0.600. The van der Waals surface area contributed by atoms with Crippen molar-refractivity contribution in [3.05, 3.63) is 18.0 Å². The van der Waals surface area contributed by atoms with Crippen LogP contribution in [0.15, 0.2) is 21.8 Å². The molecule has 0 amide bonds. The standard InChI is InChI=1S/C10H18N4O.HI/c1-3-4-6-12-10(11-2)13-8-9-5-7-15-14-9;/h5,7H,3-4,6,8H2,1-2H3,(H2,11,12,13);1H. The highest BCUT2D eigenvalue weighted by molar-refractivity contribution is 14.0. The third-order valence-electron chi connectivity index (χ3n) is 1.97. The smallest absolute Gasteiger partial charge is 0.191 e. The molecule has 92 valence electrons. The summed E-state index contributed by atoms with van der Waals surface area (Å²) in [6, 6.07) is 1.83. The Kier molecular flexibility index (Phi) is 8.97. The van der Waals surface area contributed by atoms with E-state index in [0.717, 1.165) is 24.6 Å². The van der Waals surface area contributed by atoms with Crippen LogP contribution < -0.4 is 10.6 Å². The quantitative estimate of drug-likeness (QED) is 0.372. The Balaban J connectivity index is 0.00000225. The predicted octanol–water partition coefficient (Wildman–Crippen LogP) is 1.76. The Labute approximate surface area is 113 Å². The van der Waals surface area contributed by atoms with Crippen molar-refractivity contribution in [2.24, 2.45) is 4.99 Å². The topological polar surface area (TPSA) is 62.5 Å². The Morgan fingerprint density at radius 1 is 1.50 bits per heavy atom. The summed E-state index contributed by atoms with van der Waals surface area (Å²) in [6.45, 7) is 3.73. The molecule has 1 heterocycles. The first-order valence-electron chi connectivity index (χ1n) is 5.20. The van der Waals surface area contributed by atoms with Crippen molar-refractivity contribution in [2.75, 3.05) is 13.6 Å². The van der Waals surface area contributed by atoms with Crippen molar-refractivity contribution < 1.29 is 4.52 Å². The second-order valence-corrected chi connectivity index (χ2v) is 3.20. The zero-order chi connectivity index (χ0) is 10.9. The van der Waals surface area contributed by atoms with Gasteiger partial charge in [-0.2, -0.15) is 0 Å². The van der Waals surface area contributed by atoms with E-state index in [1.807, 2.05) is 6.07 Å². The number of nitrogens with zero attached hydrogens (tertiary/aromatic N) is 2. The molecular formula is C10H19IN4O. The normalized spacial score (nSPS) is 10.8. The molecule has 0 saturated heterocycles. The van der Waals surface area contributed by atoms with Crippen molar-refractivity contribution in [1.29, 1.82) is 0 Å². The fourth-order valence-corrected chi connectivity index (χ4v) is 1.11. The van der Waals surface area contributed by atoms with E-state index in [9.17, 15) is 0 Å². The van der Waals surface area contributed by atoms with E-state index in [0.29, 0.717) is 6.54 Å². The number of aromatic nitrogens is 1. The lowest BCUT2D eigenvalue weighted by Crippen LogP contribution is -2.37. The maximum absolute atomic E-state index is 4.73. The molecule has 5 nitrogen and oxygen atoms in total. The van der Waals surface area contributed by atoms with Gasteiger partial charge in [-0.1, -0.05) is 18.5 Å². The average Bonchev–Trinajstić information content (AvgIpc) is 2.76. The van der Waals surface area contributed by atoms with Gasteiger partial charge in [0.1, 0.15) is 12.0 Å². The molecule has 16 heavy (non-hydrogen) atoms. The van der Waals surface area contributed by atoms with Crippen molar-refractivity contribution in [3.63, 3.8) is 0 Å². The molecule has 0 aromatic carbocycles. The maximum Gasteiger partial charge on any atom is 0.191 e. The highest BCUT2D eigenvalue weighted by Crippen LogP contribution is 1.92. The zero-order valence-electron chi connectivity index (χ0n) is 9.69. The predicted molar refractivity (Wildman–Crippen MR) is 75.0 cm³/mol. The van der Waals surface area contributed by atoms with Gasteiger partial charge < -0.3 is 15.2 Å². The van der Waals surface area contributed by atoms with Gasteiger partial charge in [-0.15, -0.1) is 24.0 Å². The van der Waals surface area contributed by atoms with E-state index >= 15 is 0 Å². The minimum atomic E-state index is 0. The van der Waals surface area contributed by atoms with Crippen LogP contribution in [0.2, 0.25) is 0 Å². The van der Waals surface area contributed by atoms with Crippen LogP contribution in [0.3, 0.4) is 0 Å². The number of hydrogen-bond acceptors (Lipinski definition) is 3. The monoisotopic (exact) mass is 338 g/mol. The van der Waals surface area contributed by atoms with Gasteiger partial charge in [0.15, 0.2) is 5.96 Å². The minimum absolute atomic E-state index is 0. The van der Waals surface area contributed by atoms with E-state index in [4.69, 9.17) is 4.52 Å². The molecule has 1 aromatic heterocycles. The van der Waals surface area contributed by atoms with Crippen molar-refractivity contribution >= 4 is 29.9 Å². The van der Waals surface area contributed by atoms with E-state index in [-0.39, 0.29) is 24.0 Å². The molecule has 0 aliphatic heterocycles. The van der Waals surface area contributed by atoms with Gasteiger partial charge in [-0.3, -0.25) is 4.99 Å². The van der Waals surface area contributed by atoms with Crippen LogP contribution in [0, 0.1) is 0 Å². The maximum atomic E-state index is 4.73. The third-order valence-corrected chi connectivity index (χ3v) is 1.97. The Morgan fingerprint density at radius 3 is 2.88 bits per heavy atom. The van der Waals surface area contributed by atoms with Gasteiger partial charge in [0, 0.05) is 19.7 Å². The van der Waals surface area contributed by atoms with E-state index < -0.39 is 0 Å². The SMILES string of the molecule is CCCCNC(=NC)NCc1ccon1.I. The molecule has 0 aliphatic carbocycles. The molecule has 0 atom stereocenters. The number of guanidine groups is 1. The molecule has 0 fully saturated rings. The second kappa shape index (κ2) is 9.44. The molecule has 0 unspecified atom stereocenters. The summed E-state index contributed by atoms with van der Waals surface area (Å²) in [5, 5.41) is 10.2. The highest BCUT2D eigenvalue weighted by atomic mass is 127. The van der Waals surface area contributed by atoms with Crippen molar-refractivity contribution in [3.8, 4) is 0 Å². The third kappa shape index (κ3) is 5.94. The number of hydrogen-bond donors (Lipinski definition) is 2. The summed E-state index contributed by atoms with van der Waals surface area (Å²) >= 11 is 0. The lowest BCUT2D eigenvalue weighted by molar-refractivity contribution is 0.410. The number of rotatable bonds is 5. The summed E-state index contributed by atoms with van der Waals surface area (Å²) < 4.78 is 4.73. The summed E-state index contributed by atoms with van der Waals surface area (Å²) in [5.41, 5.74) is 0.869. The number of halogens is 1. The first-order chi connectivity index (χ1) is 7.36. The number of nitrogens with one attached hydrogen (secondary N) is 2. The molecule has 1 rings (SSSR count). The van der Waals surface area contributed by atoms with Crippen LogP contribution in [0.25, 0.3) is 0 Å². The van der Waals surface area contributed by atoms with Gasteiger partial charge in [-0.25, -0.2) is 0 Å². The molecule has 0 radical (unpaired) electrons. The van der Waals surface area contributed by atoms with Crippen molar-refractivity contribution in [2.45, 2.75) is 26.3 Å². The zero-order valence-corrected chi connectivity index (χ0v) is 12.0. The fourth-order valence-electron chi connectivity index (χ4n) is 1.11. The number of aliphatic imine (C=N–C) groups is 1. The lowest BCUT2D eigenvalue weighted by Gasteiger charge is -2.09. The lowest BCUT2D eigenvalue weighted by atomic mass is 10.3. The molecule has 0 bridgehead atoms. The second-order valence-electron chi connectivity index (χ2n) is 3.20. The van der Waals surface area contributed by atoms with Crippen LogP contribution in [0.5, 0.6) is 0 Å². The van der Waals surface area contributed by atoms with Crippen LogP contribution >= 0.6 is 24.0 Å². The van der Waals surface area contributed by atoms with Crippen molar-refractivity contribution in [1.82, 2.24) is 15.8 Å². The molecule has 2 N–H and O–H groups in total. The first-order valence-corrected chi connectivity index (χ1v) is 5.20. The Bertz CT molecular complexity index is 287. The summed E-state index contributed by atoms with van der Waals surface area (Å²) in [5.74, 6) is 0.798. The minimum Gasteiger partial charge on any atom is -0.364 e. The molecule has 6 heteroatoms. The molecular weight excluding hydrogens is 319 g/mol. The first kappa shape index (κ1) is 15.2. The van der Waals surface area contributed by atoms with Crippen LogP contribution in [0.1, 0.15) is 25.5 Å². The summed E-state index contributed by atoms with van der Waals surface area (Å²) in [6.07, 6.45) is 3.88. The average molecular weight is 338 g/mol. The Morgan fingerprint density at radius 2 is 2.31 bits per heavy atom.